The molecule has 17 heavy (non-hydrogen) atoms. The molecule has 2 N–H and O–H groups in total. The third-order valence-corrected chi connectivity index (χ3v) is 3.20. The fourth-order valence-corrected chi connectivity index (χ4v) is 2.09. The van der Waals surface area contributed by atoms with Crippen LogP contribution in [0.25, 0.3) is 0 Å². The molecule has 1 atom stereocenters. The molecule has 1 aromatic carbocycles. The Hall–Kier alpha value is -0.860. The highest BCUT2D eigenvalue weighted by atomic mass is 15.1. The van der Waals surface area contributed by atoms with Gasteiger partial charge >= 0.3 is 0 Å². The van der Waals surface area contributed by atoms with Crippen molar-refractivity contribution < 1.29 is 0 Å². The zero-order chi connectivity index (χ0) is 12.7. The minimum atomic E-state index is 0.161. The van der Waals surface area contributed by atoms with E-state index < -0.39 is 0 Å². The highest BCUT2D eigenvalue weighted by molar-refractivity contribution is 5.18. The smallest absolute Gasteiger partial charge is 0.0307 e. The van der Waals surface area contributed by atoms with E-state index in [2.05, 4.69) is 49.9 Å². The lowest BCUT2D eigenvalue weighted by Crippen LogP contribution is -2.34. The van der Waals surface area contributed by atoms with E-state index in [4.69, 9.17) is 5.73 Å². The van der Waals surface area contributed by atoms with Gasteiger partial charge in [-0.2, -0.15) is 0 Å². The number of rotatable bonds is 7. The van der Waals surface area contributed by atoms with Crippen LogP contribution >= 0.6 is 0 Å². The molecule has 0 heterocycles. The van der Waals surface area contributed by atoms with Crippen molar-refractivity contribution in [3.05, 3.63) is 35.9 Å². The van der Waals surface area contributed by atoms with Gasteiger partial charge in [-0.3, -0.25) is 0 Å². The predicted octanol–water partition coefficient (Wildman–Crippen LogP) is 3.20. The average molecular weight is 234 g/mol. The normalized spacial score (nSPS) is 13.3. The van der Waals surface area contributed by atoms with Gasteiger partial charge in [0.2, 0.25) is 0 Å². The predicted molar refractivity (Wildman–Crippen MR) is 75.0 cm³/mol. The maximum atomic E-state index is 6.21. The molecule has 0 aliphatic rings. The van der Waals surface area contributed by atoms with Crippen molar-refractivity contribution in [2.24, 2.45) is 5.73 Å². The van der Waals surface area contributed by atoms with Gasteiger partial charge in [0.15, 0.2) is 0 Å². The lowest BCUT2D eigenvalue weighted by molar-refractivity contribution is 0.214. The Morgan fingerprint density at radius 1 is 1.12 bits per heavy atom. The van der Waals surface area contributed by atoms with E-state index in [-0.39, 0.29) is 6.04 Å². The summed E-state index contributed by atoms with van der Waals surface area (Å²) in [7, 11) is 0. The van der Waals surface area contributed by atoms with Crippen LogP contribution in [0.15, 0.2) is 30.3 Å². The van der Waals surface area contributed by atoms with E-state index in [1.807, 2.05) is 6.07 Å². The first kappa shape index (κ1) is 14.2. The van der Waals surface area contributed by atoms with Gasteiger partial charge in [-0.25, -0.2) is 0 Å². The Morgan fingerprint density at radius 3 is 2.29 bits per heavy atom. The molecular formula is C15H26N2. The SMILES string of the molecule is CCCN(CCC(N)c1ccccc1)C(C)C. The van der Waals surface area contributed by atoms with Crippen LogP contribution in [-0.4, -0.2) is 24.0 Å². The van der Waals surface area contributed by atoms with Crippen molar-refractivity contribution in [2.45, 2.75) is 45.7 Å². The van der Waals surface area contributed by atoms with Gasteiger partial charge in [-0.15, -0.1) is 0 Å². The van der Waals surface area contributed by atoms with Crippen molar-refractivity contribution in [3.63, 3.8) is 0 Å². The van der Waals surface area contributed by atoms with Crippen molar-refractivity contribution >= 4 is 0 Å². The van der Waals surface area contributed by atoms with Crippen molar-refractivity contribution in [3.8, 4) is 0 Å². The van der Waals surface area contributed by atoms with Gasteiger partial charge in [0.05, 0.1) is 0 Å². The maximum absolute atomic E-state index is 6.21. The van der Waals surface area contributed by atoms with E-state index in [1.165, 1.54) is 18.5 Å². The molecule has 0 bridgehead atoms. The van der Waals surface area contributed by atoms with E-state index in [0.29, 0.717) is 6.04 Å². The van der Waals surface area contributed by atoms with Gasteiger partial charge in [0.25, 0.3) is 0 Å². The van der Waals surface area contributed by atoms with E-state index in [9.17, 15) is 0 Å². The summed E-state index contributed by atoms with van der Waals surface area (Å²) < 4.78 is 0. The monoisotopic (exact) mass is 234 g/mol. The molecule has 0 spiro atoms. The maximum Gasteiger partial charge on any atom is 0.0307 e. The van der Waals surface area contributed by atoms with Crippen LogP contribution in [0.2, 0.25) is 0 Å². The Labute approximate surface area is 106 Å². The minimum absolute atomic E-state index is 0.161. The molecule has 0 radical (unpaired) electrons. The Morgan fingerprint density at radius 2 is 1.76 bits per heavy atom. The van der Waals surface area contributed by atoms with Crippen molar-refractivity contribution in [2.75, 3.05) is 13.1 Å². The third kappa shape index (κ3) is 4.88. The first-order valence-corrected chi connectivity index (χ1v) is 6.69. The third-order valence-electron chi connectivity index (χ3n) is 3.20. The highest BCUT2D eigenvalue weighted by Crippen LogP contribution is 2.14. The molecule has 2 heteroatoms. The van der Waals surface area contributed by atoms with Crippen LogP contribution in [0.5, 0.6) is 0 Å². The van der Waals surface area contributed by atoms with E-state index in [0.717, 1.165) is 13.0 Å². The summed E-state index contributed by atoms with van der Waals surface area (Å²) in [4.78, 5) is 2.50. The Bertz CT molecular complexity index is 295. The van der Waals surface area contributed by atoms with Gasteiger partial charge in [-0.05, 0) is 38.8 Å². The van der Waals surface area contributed by atoms with Gasteiger partial charge in [0, 0.05) is 18.6 Å². The lowest BCUT2D eigenvalue weighted by atomic mass is 10.0. The summed E-state index contributed by atoms with van der Waals surface area (Å²) in [5.41, 5.74) is 7.46. The minimum Gasteiger partial charge on any atom is -0.324 e. The molecule has 0 fully saturated rings. The quantitative estimate of drug-likeness (QED) is 0.785. The molecule has 0 aromatic heterocycles. The number of benzene rings is 1. The standard InChI is InChI=1S/C15H26N2/c1-4-11-17(13(2)3)12-10-15(16)14-8-6-5-7-9-14/h5-9,13,15H,4,10-12,16H2,1-3H3. The fourth-order valence-electron chi connectivity index (χ4n) is 2.09. The van der Waals surface area contributed by atoms with E-state index in [1.54, 1.807) is 0 Å². The van der Waals surface area contributed by atoms with Gasteiger partial charge in [0.1, 0.15) is 0 Å². The second-order valence-corrected chi connectivity index (χ2v) is 4.94. The average Bonchev–Trinajstić information content (AvgIpc) is 2.34. The molecule has 0 aliphatic carbocycles. The molecule has 0 saturated carbocycles. The fraction of sp³-hybridized carbons (Fsp3) is 0.600. The zero-order valence-electron chi connectivity index (χ0n) is 11.4. The summed E-state index contributed by atoms with van der Waals surface area (Å²) in [5, 5.41) is 0. The first-order chi connectivity index (χ1) is 8.15. The molecule has 1 rings (SSSR count). The molecule has 2 nitrogen and oxygen atoms in total. The summed E-state index contributed by atoms with van der Waals surface area (Å²) in [6.45, 7) is 8.99. The van der Waals surface area contributed by atoms with Crippen molar-refractivity contribution in [1.82, 2.24) is 4.90 Å². The second kappa shape index (κ2) is 7.46. The summed E-state index contributed by atoms with van der Waals surface area (Å²) in [6.07, 6.45) is 2.24. The molecule has 96 valence electrons. The van der Waals surface area contributed by atoms with Crippen LogP contribution in [0.4, 0.5) is 0 Å². The second-order valence-electron chi connectivity index (χ2n) is 4.94. The topological polar surface area (TPSA) is 29.3 Å². The van der Waals surface area contributed by atoms with Crippen LogP contribution in [0.3, 0.4) is 0 Å². The van der Waals surface area contributed by atoms with Crippen LogP contribution in [-0.2, 0) is 0 Å². The van der Waals surface area contributed by atoms with Gasteiger partial charge < -0.3 is 10.6 Å². The molecule has 1 unspecified atom stereocenters. The van der Waals surface area contributed by atoms with E-state index >= 15 is 0 Å². The van der Waals surface area contributed by atoms with Crippen LogP contribution in [0.1, 0.15) is 45.2 Å². The lowest BCUT2D eigenvalue weighted by Gasteiger charge is -2.27. The van der Waals surface area contributed by atoms with Crippen LogP contribution < -0.4 is 5.73 Å². The summed E-state index contributed by atoms with van der Waals surface area (Å²) >= 11 is 0. The highest BCUT2D eigenvalue weighted by Gasteiger charge is 2.11. The number of nitrogens with two attached hydrogens (primary N) is 1. The first-order valence-electron chi connectivity index (χ1n) is 6.69. The molecule has 0 amide bonds. The number of nitrogens with zero attached hydrogens (tertiary/aromatic N) is 1. The summed E-state index contributed by atoms with van der Waals surface area (Å²) in [5.74, 6) is 0. The molecular weight excluding hydrogens is 208 g/mol. The zero-order valence-corrected chi connectivity index (χ0v) is 11.4. The Kier molecular flexibility index (Phi) is 6.23. The van der Waals surface area contributed by atoms with Crippen molar-refractivity contribution in [1.29, 1.82) is 0 Å². The Balaban J connectivity index is 2.43. The summed E-state index contributed by atoms with van der Waals surface area (Å²) in [6, 6.07) is 11.2. The molecule has 1 aromatic rings. The molecule has 0 saturated heterocycles. The largest absolute Gasteiger partial charge is 0.324 e. The number of hydrogen-bond acceptors (Lipinski definition) is 2. The van der Waals surface area contributed by atoms with Gasteiger partial charge in [-0.1, -0.05) is 37.3 Å². The van der Waals surface area contributed by atoms with Crippen LogP contribution in [0, 0.1) is 0 Å². The molecule has 0 aliphatic heterocycles. The number of hydrogen-bond donors (Lipinski definition) is 1.